The van der Waals surface area contributed by atoms with Crippen LogP contribution in [0, 0.1) is 0 Å². The molecule has 0 atom stereocenters. The van der Waals surface area contributed by atoms with E-state index in [2.05, 4.69) is 10.6 Å². The molecule has 2 amide bonds. The summed E-state index contributed by atoms with van der Waals surface area (Å²) >= 11 is 1.50. The normalized spacial score (nSPS) is 10.4. The highest BCUT2D eigenvalue weighted by atomic mass is 32.2. The van der Waals surface area contributed by atoms with Crippen molar-refractivity contribution < 1.29 is 18.7 Å². The zero-order chi connectivity index (χ0) is 20.5. The lowest BCUT2D eigenvalue weighted by Crippen LogP contribution is -2.25. The number of carbonyl (C=O) groups excluding carboxylic acids is 2. The highest BCUT2D eigenvalue weighted by Crippen LogP contribution is 2.18. The van der Waals surface area contributed by atoms with Crippen LogP contribution in [0.5, 0.6) is 5.75 Å². The lowest BCUT2D eigenvalue weighted by atomic mass is 10.1. The summed E-state index contributed by atoms with van der Waals surface area (Å²) in [5.41, 5.74) is 2.01. The van der Waals surface area contributed by atoms with Crippen LogP contribution in [0.25, 0.3) is 0 Å². The Labute approximate surface area is 173 Å². The molecule has 0 saturated carbocycles. The van der Waals surface area contributed by atoms with Crippen molar-refractivity contribution in [2.24, 2.45) is 0 Å². The molecule has 7 heteroatoms. The van der Waals surface area contributed by atoms with Gasteiger partial charge in [0.1, 0.15) is 11.5 Å². The van der Waals surface area contributed by atoms with Crippen molar-refractivity contribution in [3.8, 4) is 5.75 Å². The first kappa shape index (κ1) is 20.5. The maximum absolute atomic E-state index is 12.5. The quantitative estimate of drug-likeness (QED) is 0.555. The maximum atomic E-state index is 12.5. The van der Waals surface area contributed by atoms with Gasteiger partial charge in [-0.15, -0.1) is 11.8 Å². The Morgan fingerprint density at radius 2 is 1.83 bits per heavy atom. The molecule has 0 unspecified atom stereocenters. The van der Waals surface area contributed by atoms with Crippen molar-refractivity contribution in [2.45, 2.75) is 12.3 Å². The first-order chi connectivity index (χ1) is 14.2. The second-order valence-corrected chi connectivity index (χ2v) is 7.18. The molecule has 0 fully saturated rings. The van der Waals surface area contributed by atoms with Crippen molar-refractivity contribution >= 4 is 29.3 Å². The second kappa shape index (κ2) is 10.4. The number of rotatable bonds is 9. The van der Waals surface area contributed by atoms with Crippen molar-refractivity contribution in [1.82, 2.24) is 5.32 Å². The average Bonchev–Trinajstić information content (AvgIpc) is 3.26. The minimum atomic E-state index is -0.275. The number of ether oxygens (including phenoxy) is 1. The Morgan fingerprint density at radius 1 is 1.03 bits per heavy atom. The number of benzene rings is 2. The molecule has 0 saturated heterocycles. The fourth-order valence-corrected chi connectivity index (χ4v) is 3.42. The number of methoxy groups -OCH3 is 1. The summed E-state index contributed by atoms with van der Waals surface area (Å²) in [6.45, 7) is 0.284. The number of nitrogens with one attached hydrogen (secondary N) is 2. The third kappa shape index (κ3) is 6.15. The molecule has 6 nitrogen and oxygen atoms in total. The van der Waals surface area contributed by atoms with Gasteiger partial charge in [-0.05, 0) is 42.0 Å². The number of amides is 2. The van der Waals surface area contributed by atoms with Crippen LogP contribution in [-0.4, -0.2) is 24.7 Å². The van der Waals surface area contributed by atoms with Gasteiger partial charge in [0.2, 0.25) is 5.91 Å². The topological polar surface area (TPSA) is 80.6 Å². The standard InChI is InChI=1S/C22H22N2O4S/c1-27-17-10-8-16(9-11-17)14-29-15-21(25)24-20-7-3-2-6-19(20)22(26)23-13-18-5-4-12-28-18/h2-12H,13-15H2,1H3,(H,23,26)(H,24,25). The van der Waals surface area contributed by atoms with Crippen LogP contribution in [0.1, 0.15) is 21.7 Å². The van der Waals surface area contributed by atoms with Gasteiger partial charge < -0.3 is 19.8 Å². The van der Waals surface area contributed by atoms with E-state index in [4.69, 9.17) is 9.15 Å². The van der Waals surface area contributed by atoms with Gasteiger partial charge in [-0.2, -0.15) is 0 Å². The van der Waals surface area contributed by atoms with Gasteiger partial charge in [-0.1, -0.05) is 24.3 Å². The first-order valence-corrected chi connectivity index (χ1v) is 10.2. The Morgan fingerprint density at radius 3 is 2.55 bits per heavy atom. The number of para-hydroxylation sites is 1. The summed E-state index contributed by atoms with van der Waals surface area (Å²) in [6.07, 6.45) is 1.55. The Bertz CT molecular complexity index is 940. The van der Waals surface area contributed by atoms with E-state index in [0.717, 1.165) is 11.3 Å². The van der Waals surface area contributed by atoms with E-state index in [1.54, 1.807) is 49.8 Å². The molecular formula is C22H22N2O4S. The lowest BCUT2D eigenvalue weighted by Gasteiger charge is -2.11. The molecule has 0 aliphatic carbocycles. The summed E-state index contributed by atoms with van der Waals surface area (Å²) < 4.78 is 10.4. The van der Waals surface area contributed by atoms with Crippen LogP contribution < -0.4 is 15.4 Å². The van der Waals surface area contributed by atoms with Crippen molar-refractivity contribution in [1.29, 1.82) is 0 Å². The van der Waals surface area contributed by atoms with Crippen LogP contribution >= 0.6 is 11.8 Å². The number of furan rings is 1. The number of anilines is 1. The van der Waals surface area contributed by atoms with Crippen molar-refractivity contribution in [3.63, 3.8) is 0 Å². The highest BCUT2D eigenvalue weighted by Gasteiger charge is 2.13. The molecule has 0 aliphatic heterocycles. The fraction of sp³-hybridized carbons (Fsp3) is 0.182. The fourth-order valence-electron chi connectivity index (χ4n) is 2.64. The predicted octanol–water partition coefficient (Wildman–Crippen LogP) is 4.09. The lowest BCUT2D eigenvalue weighted by molar-refractivity contribution is -0.113. The average molecular weight is 410 g/mol. The molecule has 0 spiro atoms. The monoisotopic (exact) mass is 410 g/mol. The molecule has 1 aromatic heterocycles. The molecule has 0 radical (unpaired) electrons. The van der Waals surface area contributed by atoms with E-state index in [1.165, 1.54) is 11.8 Å². The van der Waals surface area contributed by atoms with Gasteiger partial charge in [0.15, 0.2) is 0 Å². The van der Waals surface area contributed by atoms with E-state index < -0.39 is 0 Å². The molecule has 1 heterocycles. The maximum Gasteiger partial charge on any atom is 0.253 e. The van der Waals surface area contributed by atoms with E-state index >= 15 is 0 Å². The summed E-state index contributed by atoms with van der Waals surface area (Å²) in [4.78, 5) is 24.8. The summed E-state index contributed by atoms with van der Waals surface area (Å²) in [5.74, 6) is 2.03. The minimum Gasteiger partial charge on any atom is -0.497 e. The molecule has 3 aromatic rings. The zero-order valence-corrected chi connectivity index (χ0v) is 16.8. The van der Waals surface area contributed by atoms with Gasteiger partial charge in [-0.3, -0.25) is 9.59 Å². The molecule has 0 aliphatic rings. The number of hydrogen-bond donors (Lipinski definition) is 2. The van der Waals surface area contributed by atoms with Crippen molar-refractivity contribution in [2.75, 3.05) is 18.2 Å². The Kier molecular flexibility index (Phi) is 7.35. The summed E-state index contributed by atoms with van der Waals surface area (Å²) in [5, 5.41) is 5.61. The molecular weight excluding hydrogens is 388 g/mol. The Hall–Kier alpha value is -3.19. The number of hydrogen-bond acceptors (Lipinski definition) is 5. The third-order valence-electron chi connectivity index (χ3n) is 4.11. The molecule has 29 heavy (non-hydrogen) atoms. The highest BCUT2D eigenvalue weighted by molar-refractivity contribution is 7.99. The van der Waals surface area contributed by atoms with Gasteiger partial charge in [-0.25, -0.2) is 0 Å². The van der Waals surface area contributed by atoms with E-state index in [1.807, 2.05) is 24.3 Å². The van der Waals surface area contributed by atoms with Crippen LogP contribution in [0.2, 0.25) is 0 Å². The van der Waals surface area contributed by atoms with Crippen LogP contribution in [0.3, 0.4) is 0 Å². The molecule has 150 valence electrons. The summed E-state index contributed by atoms with van der Waals surface area (Å²) in [6, 6.07) is 18.2. The largest absolute Gasteiger partial charge is 0.497 e. The molecule has 2 N–H and O–H groups in total. The van der Waals surface area contributed by atoms with Crippen LogP contribution in [-0.2, 0) is 17.1 Å². The van der Waals surface area contributed by atoms with Gasteiger partial charge in [0, 0.05) is 5.75 Å². The molecule has 3 rings (SSSR count). The number of thioether (sulfide) groups is 1. The van der Waals surface area contributed by atoms with E-state index in [-0.39, 0.29) is 24.1 Å². The minimum absolute atomic E-state index is 0.158. The van der Waals surface area contributed by atoms with Crippen molar-refractivity contribution in [3.05, 3.63) is 83.8 Å². The van der Waals surface area contributed by atoms with Gasteiger partial charge >= 0.3 is 0 Å². The zero-order valence-electron chi connectivity index (χ0n) is 16.0. The molecule has 0 bridgehead atoms. The smallest absolute Gasteiger partial charge is 0.253 e. The Balaban J connectivity index is 1.51. The van der Waals surface area contributed by atoms with Gasteiger partial charge in [0.25, 0.3) is 5.91 Å². The molecule has 2 aromatic carbocycles. The second-order valence-electron chi connectivity index (χ2n) is 6.20. The summed E-state index contributed by atoms with van der Waals surface area (Å²) in [7, 11) is 1.63. The first-order valence-electron chi connectivity index (χ1n) is 9.06. The van der Waals surface area contributed by atoms with Gasteiger partial charge in [0.05, 0.1) is 36.9 Å². The third-order valence-corrected chi connectivity index (χ3v) is 5.11. The van der Waals surface area contributed by atoms with Crippen LogP contribution in [0.15, 0.2) is 71.3 Å². The van der Waals surface area contributed by atoms with E-state index in [9.17, 15) is 9.59 Å². The number of carbonyl (C=O) groups is 2. The van der Waals surface area contributed by atoms with E-state index in [0.29, 0.717) is 22.8 Å². The SMILES string of the molecule is COc1ccc(CSCC(=O)Nc2ccccc2C(=O)NCc2ccco2)cc1. The van der Waals surface area contributed by atoms with Crippen LogP contribution in [0.4, 0.5) is 5.69 Å². The predicted molar refractivity (Wildman–Crippen MR) is 114 cm³/mol.